The first-order valence-electron chi connectivity index (χ1n) is 7.31. The van der Waals surface area contributed by atoms with Gasteiger partial charge in [0, 0.05) is 11.7 Å². The van der Waals surface area contributed by atoms with E-state index in [0.29, 0.717) is 0 Å². The summed E-state index contributed by atoms with van der Waals surface area (Å²) in [7, 11) is -0.517. The second-order valence-electron chi connectivity index (χ2n) is 6.97. The molecule has 0 aromatic carbocycles. The van der Waals surface area contributed by atoms with Crippen molar-refractivity contribution in [1.29, 1.82) is 0 Å². The Morgan fingerprint density at radius 3 is 2.35 bits per heavy atom. The summed E-state index contributed by atoms with van der Waals surface area (Å²) >= 11 is 0. The van der Waals surface area contributed by atoms with Crippen LogP contribution in [0, 0.1) is 5.92 Å². The van der Waals surface area contributed by atoms with E-state index < -0.39 is 18.3 Å². The summed E-state index contributed by atoms with van der Waals surface area (Å²) in [6.45, 7) is 8.08. The fourth-order valence-corrected chi connectivity index (χ4v) is 2.53. The molecule has 4 nitrogen and oxygen atoms in total. The van der Waals surface area contributed by atoms with Gasteiger partial charge in [0.15, 0.2) is 0 Å². The van der Waals surface area contributed by atoms with Crippen LogP contribution in [-0.4, -0.2) is 28.4 Å². The lowest BCUT2D eigenvalue weighted by molar-refractivity contribution is 0.00578. The molecule has 0 atom stereocenters. The maximum absolute atomic E-state index is 10.2. The van der Waals surface area contributed by atoms with Gasteiger partial charge in [-0.25, -0.2) is 0 Å². The van der Waals surface area contributed by atoms with E-state index >= 15 is 0 Å². The van der Waals surface area contributed by atoms with Crippen molar-refractivity contribution in [3.8, 4) is 5.75 Å². The molecule has 3 rings (SSSR count). The van der Waals surface area contributed by atoms with E-state index in [0.717, 1.165) is 23.4 Å². The third kappa shape index (κ3) is 2.33. The van der Waals surface area contributed by atoms with E-state index in [-0.39, 0.29) is 5.75 Å². The molecular weight excluding hydrogens is 253 g/mol. The van der Waals surface area contributed by atoms with Crippen molar-refractivity contribution in [1.82, 2.24) is 4.98 Å². The maximum Gasteiger partial charge on any atom is 0.499 e. The molecule has 2 fully saturated rings. The standard InChI is InChI=1S/C15H22BNO3/c1-14(2)15(3,4)20-16(19-14)13-11(7-10-5-6-10)8-17-9-12(13)18/h8-10,18H,5-7H2,1-4H3. The van der Waals surface area contributed by atoms with Crippen LogP contribution in [-0.2, 0) is 15.7 Å². The molecule has 5 heteroatoms. The monoisotopic (exact) mass is 275 g/mol. The smallest absolute Gasteiger partial charge is 0.499 e. The van der Waals surface area contributed by atoms with Gasteiger partial charge in [-0.15, -0.1) is 0 Å². The number of pyridine rings is 1. The van der Waals surface area contributed by atoms with Gasteiger partial charge in [0.25, 0.3) is 0 Å². The van der Waals surface area contributed by atoms with Crippen LogP contribution in [0.3, 0.4) is 0 Å². The molecule has 1 saturated carbocycles. The highest BCUT2D eigenvalue weighted by atomic mass is 16.7. The first-order valence-corrected chi connectivity index (χ1v) is 7.31. The van der Waals surface area contributed by atoms with Gasteiger partial charge in [-0.05, 0) is 58.4 Å². The summed E-state index contributed by atoms with van der Waals surface area (Å²) in [4.78, 5) is 4.11. The van der Waals surface area contributed by atoms with Gasteiger partial charge in [-0.1, -0.05) is 0 Å². The average molecular weight is 275 g/mol. The Kier molecular flexibility index (Phi) is 3.10. The molecule has 0 unspecified atom stereocenters. The normalized spacial score (nSPS) is 24.1. The molecule has 20 heavy (non-hydrogen) atoms. The lowest BCUT2D eigenvalue weighted by atomic mass is 9.75. The zero-order chi connectivity index (χ0) is 14.5. The molecule has 1 aliphatic heterocycles. The van der Waals surface area contributed by atoms with Crippen LogP contribution in [0.25, 0.3) is 0 Å². The summed E-state index contributed by atoms with van der Waals surface area (Å²) in [5.41, 5.74) is 1.01. The number of nitrogens with zero attached hydrogens (tertiary/aromatic N) is 1. The number of aromatic hydroxyl groups is 1. The predicted molar refractivity (Wildman–Crippen MR) is 78.0 cm³/mol. The highest BCUT2D eigenvalue weighted by Crippen LogP contribution is 2.38. The molecule has 0 bridgehead atoms. The minimum Gasteiger partial charge on any atom is -0.507 e. The van der Waals surface area contributed by atoms with Crippen molar-refractivity contribution in [3.05, 3.63) is 18.0 Å². The zero-order valence-electron chi connectivity index (χ0n) is 12.6. The van der Waals surface area contributed by atoms with Gasteiger partial charge >= 0.3 is 7.12 Å². The zero-order valence-corrected chi connectivity index (χ0v) is 12.6. The van der Waals surface area contributed by atoms with Crippen LogP contribution in [0.5, 0.6) is 5.75 Å². The van der Waals surface area contributed by atoms with Gasteiger partial charge in [-0.3, -0.25) is 4.98 Å². The summed E-state index contributed by atoms with van der Waals surface area (Å²) in [6, 6.07) is 0. The molecule has 108 valence electrons. The Balaban J connectivity index is 1.94. The summed E-state index contributed by atoms with van der Waals surface area (Å²) in [6.07, 6.45) is 6.77. The lowest BCUT2D eigenvalue weighted by Gasteiger charge is -2.32. The highest BCUT2D eigenvalue weighted by Gasteiger charge is 2.53. The van der Waals surface area contributed by atoms with E-state index in [9.17, 15) is 5.11 Å². The Hall–Kier alpha value is -1.07. The summed E-state index contributed by atoms with van der Waals surface area (Å²) in [5.74, 6) is 0.890. The van der Waals surface area contributed by atoms with Crippen molar-refractivity contribution in [2.45, 2.75) is 58.2 Å². The van der Waals surface area contributed by atoms with Crippen molar-refractivity contribution >= 4 is 12.6 Å². The Morgan fingerprint density at radius 2 is 1.80 bits per heavy atom. The number of rotatable bonds is 3. The molecule has 1 aliphatic carbocycles. The van der Waals surface area contributed by atoms with Gasteiger partial charge in [0.05, 0.1) is 17.4 Å². The number of aromatic nitrogens is 1. The maximum atomic E-state index is 10.2. The Labute approximate surface area is 120 Å². The summed E-state index contributed by atoms with van der Waals surface area (Å²) < 4.78 is 12.1. The summed E-state index contributed by atoms with van der Waals surface area (Å²) in [5, 5.41) is 10.2. The fraction of sp³-hybridized carbons (Fsp3) is 0.667. The van der Waals surface area contributed by atoms with E-state index in [1.165, 1.54) is 19.0 Å². The van der Waals surface area contributed by atoms with E-state index in [1.54, 1.807) is 0 Å². The predicted octanol–water partition coefficient (Wildman–Crippen LogP) is 2.04. The molecule has 2 aliphatic rings. The molecule has 1 aromatic rings. The molecule has 1 saturated heterocycles. The van der Waals surface area contributed by atoms with Crippen LogP contribution in [0.4, 0.5) is 0 Å². The Morgan fingerprint density at radius 1 is 1.20 bits per heavy atom. The lowest BCUT2D eigenvalue weighted by Crippen LogP contribution is -2.41. The average Bonchev–Trinajstić information content (AvgIpc) is 3.07. The van der Waals surface area contributed by atoms with Gasteiger partial charge in [0.1, 0.15) is 5.75 Å². The second kappa shape index (κ2) is 4.47. The minimum atomic E-state index is -0.517. The third-order valence-electron chi connectivity index (χ3n) is 4.74. The topological polar surface area (TPSA) is 51.6 Å². The molecule has 0 spiro atoms. The van der Waals surface area contributed by atoms with Crippen LogP contribution >= 0.6 is 0 Å². The van der Waals surface area contributed by atoms with Crippen molar-refractivity contribution in [2.75, 3.05) is 0 Å². The van der Waals surface area contributed by atoms with E-state index in [2.05, 4.69) is 4.98 Å². The molecule has 1 aromatic heterocycles. The van der Waals surface area contributed by atoms with E-state index in [1.807, 2.05) is 33.9 Å². The van der Waals surface area contributed by atoms with Crippen molar-refractivity contribution < 1.29 is 14.4 Å². The van der Waals surface area contributed by atoms with Crippen LogP contribution in [0.1, 0.15) is 46.1 Å². The largest absolute Gasteiger partial charge is 0.507 e. The van der Waals surface area contributed by atoms with Gasteiger partial charge < -0.3 is 14.4 Å². The Bertz CT molecular complexity index is 510. The molecule has 1 N–H and O–H groups in total. The molecule has 0 amide bonds. The minimum absolute atomic E-state index is 0.168. The quantitative estimate of drug-likeness (QED) is 0.858. The number of hydrogen-bond acceptors (Lipinski definition) is 4. The first kappa shape index (κ1) is 13.9. The van der Waals surface area contributed by atoms with Crippen molar-refractivity contribution in [2.24, 2.45) is 5.92 Å². The first-order chi connectivity index (χ1) is 9.30. The van der Waals surface area contributed by atoms with Crippen molar-refractivity contribution in [3.63, 3.8) is 0 Å². The molecular formula is C15H22BNO3. The van der Waals surface area contributed by atoms with Crippen LogP contribution in [0.15, 0.2) is 12.4 Å². The van der Waals surface area contributed by atoms with Crippen LogP contribution < -0.4 is 5.46 Å². The SMILES string of the molecule is CC1(C)OB(c2c(O)cncc2CC2CC2)OC1(C)C. The molecule has 2 heterocycles. The van der Waals surface area contributed by atoms with Gasteiger partial charge in [0.2, 0.25) is 0 Å². The third-order valence-corrected chi connectivity index (χ3v) is 4.74. The fourth-order valence-electron chi connectivity index (χ4n) is 2.53. The highest BCUT2D eigenvalue weighted by molar-refractivity contribution is 6.63. The number of hydrogen-bond donors (Lipinski definition) is 1. The van der Waals surface area contributed by atoms with E-state index in [4.69, 9.17) is 9.31 Å². The second-order valence-corrected chi connectivity index (χ2v) is 6.97. The van der Waals surface area contributed by atoms with Gasteiger partial charge in [-0.2, -0.15) is 0 Å². The molecule has 0 radical (unpaired) electrons. The van der Waals surface area contributed by atoms with Crippen LogP contribution in [0.2, 0.25) is 0 Å².